The van der Waals surface area contributed by atoms with Crippen LogP contribution >= 0.6 is 11.3 Å². The highest BCUT2D eigenvalue weighted by atomic mass is 32.1. The minimum absolute atomic E-state index is 0.0565. The summed E-state index contributed by atoms with van der Waals surface area (Å²) in [4.78, 5) is 29.0. The molecule has 1 unspecified atom stereocenters. The lowest BCUT2D eigenvalue weighted by molar-refractivity contribution is -0.140. The van der Waals surface area contributed by atoms with Crippen LogP contribution in [0.3, 0.4) is 0 Å². The van der Waals surface area contributed by atoms with Crippen LogP contribution in [0.15, 0.2) is 65.6 Å². The van der Waals surface area contributed by atoms with E-state index in [1.54, 1.807) is 18.2 Å². The smallest absolute Gasteiger partial charge is 0.295 e. The van der Waals surface area contributed by atoms with Gasteiger partial charge in [0.2, 0.25) is 0 Å². The first-order chi connectivity index (χ1) is 16.5. The molecule has 6 nitrogen and oxygen atoms in total. The standard InChI is InChI=1S/C27H27NO5S/c1-4-32-18-12-13-21(22(15-18)33-5-2)25(29)23-24(20-11-7-6-9-17(20)3)28(27(31)26(23)30)16-19-10-8-14-34-19/h6-15,24,29H,4-5,16H2,1-3H3/b25-23+. The molecule has 3 aromatic rings. The molecule has 1 fully saturated rings. The van der Waals surface area contributed by atoms with Gasteiger partial charge in [-0.05, 0) is 55.5 Å². The Morgan fingerprint density at radius 1 is 1.03 bits per heavy atom. The summed E-state index contributed by atoms with van der Waals surface area (Å²) < 4.78 is 11.3. The summed E-state index contributed by atoms with van der Waals surface area (Å²) >= 11 is 1.52. The molecule has 1 N–H and O–H groups in total. The molecule has 1 aliphatic rings. The zero-order chi connectivity index (χ0) is 24.2. The Morgan fingerprint density at radius 2 is 1.79 bits per heavy atom. The lowest BCUT2D eigenvalue weighted by Gasteiger charge is -2.26. The minimum Gasteiger partial charge on any atom is -0.507 e. The Bertz CT molecular complexity index is 1230. The van der Waals surface area contributed by atoms with Crippen molar-refractivity contribution >= 4 is 28.8 Å². The van der Waals surface area contributed by atoms with Crippen molar-refractivity contribution in [1.29, 1.82) is 0 Å². The number of ketones is 1. The van der Waals surface area contributed by atoms with Crippen LogP contribution in [0.2, 0.25) is 0 Å². The molecule has 1 aromatic heterocycles. The molecule has 7 heteroatoms. The van der Waals surface area contributed by atoms with Crippen LogP contribution in [0.1, 0.15) is 41.5 Å². The topological polar surface area (TPSA) is 76.1 Å². The van der Waals surface area contributed by atoms with E-state index in [1.165, 1.54) is 16.2 Å². The molecule has 176 valence electrons. The number of nitrogens with zero attached hydrogens (tertiary/aromatic N) is 1. The highest BCUT2D eigenvalue weighted by molar-refractivity contribution is 7.09. The highest BCUT2D eigenvalue weighted by Gasteiger charge is 2.46. The van der Waals surface area contributed by atoms with Gasteiger partial charge >= 0.3 is 0 Å². The number of amides is 1. The molecule has 1 saturated heterocycles. The Hall–Kier alpha value is -3.58. The number of benzene rings is 2. The minimum atomic E-state index is -0.718. The second-order valence-corrected chi connectivity index (χ2v) is 8.92. The van der Waals surface area contributed by atoms with Crippen LogP contribution < -0.4 is 9.47 Å². The van der Waals surface area contributed by atoms with Crippen molar-refractivity contribution < 1.29 is 24.2 Å². The molecule has 4 rings (SSSR count). The van der Waals surface area contributed by atoms with E-state index in [4.69, 9.17) is 9.47 Å². The van der Waals surface area contributed by atoms with Crippen molar-refractivity contribution in [2.24, 2.45) is 0 Å². The van der Waals surface area contributed by atoms with Gasteiger partial charge < -0.3 is 19.5 Å². The number of aliphatic hydroxyl groups is 1. The van der Waals surface area contributed by atoms with Crippen LogP contribution in [0.25, 0.3) is 5.76 Å². The molecule has 2 heterocycles. The Labute approximate surface area is 203 Å². The van der Waals surface area contributed by atoms with Gasteiger partial charge in [0, 0.05) is 10.9 Å². The molecule has 0 radical (unpaired) electrons. The third-order valence-corrected chi connectivity index (χ3v) is 6.61. The summed E-state index contributed by atoms with van der Waals surface area (Å²) in [6.45, 7) is 6.78. The second-order valence-electron chi connectivity index (χ2n) is 7.89. The largest absolute Gasteiger partial charge is 0.507 e. The fourth-order valence-corrected chi connectivity index (χ4v) is 4.91. The molecular weight excluding hydrogens is 450 g/mol. The van der Waals surface area contributed by atoms with E-state index in [0.29, 0.717) is 30.3 Å². The summed E-state index contributed by atoms with van der Waals surface area (Å²) in [5.41, 5.74) is 2.12. The number of Topliss-reactive ketones (excluding diaryl/α,β-unsaturated/α-hetero) is 1. The normalized spacial score (nSPS) is 17.3. The number of aliphatic hydroxyl groups excluding tert-OH is 1. The number of carbonyl (C=O) groups excluding carboxylic acids is 2. The third kappa shape index (κ3) is 4.43. The van der Waals surface area contributed by atoms with Crippen molar-refractivity contribution in [2.75, 3.05) is 13.2 Å². The average Bonchev–Trinajstić information content (AvgIpc) is 3.42. The molecule has 2 aromatic carbocycles. The predicted molar refractivity (Wildman–Crippen MR) is 132 cm³/mol. The van der Waals surface area contributed by atoms with Gasteiger partial charge in [0.15, 0.2) is 0 Å². The molecule has 0 aliphatic carbocycles. The van der Waals surface area contributed by atoms with Crippen LogP contribution in [0.5, 0.6) is 11.5 Å². The second kappa shape index (κ2) is 10.1. The van der Waals surface area contributed by atoms with Gasteiger partial charge in [0.1, 0.15) is 17.3 Å². The van der Waals surface area contributed by atoms with Gasteiger partial charge in [-0.3, -0.25) is 9.59 Å². The zero-order valence-electron chi connectivity index (χ0n) is 19.4. The van der Waals surface area contributed by atoms with Crippen molar-refractivity contribution in [3.63, 3.8) is 0 Å². The maximum absolute atomic E-state index is 13.3. The predicted octanol–water partition coefficient (Wildman–Crippen LogP) is 5.48. The number of rotatable bonds is 8. The number of hydrogen-bond acceptors (Lipinski definition) is 6. The van der Waals surface area contributed by atoms with E-state index in [2.05, 4.69) is 0 Å². The number of aryl methyl sites for hydroxylation is 1. The molecule has 0 spiro atoms. The third-order valence-electron chi connectivity index (χ3n) is 5.75. The zero-order valence-corrected chi connectivity index (χ0v) is 20.2. The van der Waals surface area contributed by atoms with Crippen LogP contribution in [-0.4, -0.2) is 34.9 Å². The maximum Gasteiger partial charge on any atom is 0.295 e. The average molecular weight is 478 g/mol. The lowest BCUT2D eigenvalue weighted by atomic mass is 9.92. The molecule has 0 saturated carbocycles. The lowest BCUT2D eigenvalue weighted by Crippen LogP contribution is -2.29. The monoisotopic (exact) mass is 477 g/mol. The number of likely N-dealkylation sites (tertiary alicyclic amines) is 1. The molecule has 1 aliphatic heterocycles. The fourth-order valence-electron chi connectivity index (χ4n) is 4.21. The molecule has 34 heavy (non-hydrogen) atoms. The van der Waals surface area contributed by atoms with Gasteiger partial charge in [0.25, 0.3) is 11.7 Å². The van der Waals surface area contributed by atoms with E-state index >= 15 is 0 Å². The van der Waals surface area contributed by atoms with E-state index in [-0.39, 0.29) is 17.9 Å². The highest BCUT2D eigenvalue weighted by Crippen LogP contribution is 2.43. The van der Waals surface area contributed by atoms with Gasteiger partial charge in [-0.15, -0.1) is 11.3 Å². The number of ether oxygens (including phenoxy) is 2. The molecule has 0 bridgehead atoms. The molecule has 1 amide bonds. The van der Waals surface area contributed by atoms with E-state index < -0.39 is 17.7 Å². The van der Waals surface area contributed by atoms with Gasteiger partial charge in [-0.2, -0.15) is 0 Å². The SMILES string of the molecule is CCOc1ccc(/C(O)=C2\C(=O)C(=O)N(Cc3cccs3)C2c2ccccc2C)c(OCC)c1. The molecular formula is C27H27NO5S. The first kappa shape index (κ1) is 23.6. The summed E-state index contributed by atoms with van der Waals surface area (Å²) in [6, 6.07) is 15.8. The van der Waals surface area contributed by atoms with Gasteiger partial charge in [-0.25, -0.2) is 0 Å². The van der Waals surface area contributed by atoms with Crippen molar-refractivity contribution in [3.8, 4) is 11.5 Å². The van der Waals surface area contributed by atoms with E-state index in [9.17, 15) is 14.7 Å². The maximum atomic E-state index is 13.3. The summed E-state index contributed by atoms with van der Waals surface area (Å²) in [7, 11) is 0. The fraction of sp³-hybridized carbons (Fsp3) is 0.259. The van der Waals surface area contributed by atoms with E-state index in [1.807, 2.05) is 62.5 Å². The van der Waals surface area contributed by atoms with Crippen molar-refractivity contribution in [2.45, 2.75) is 33.4 Å². The summed E-state index contributed by atoms with van der Waals surface area (Å²) in [5, 5.41) is 13.4. The number of thiophene rings is 1. The van der Waals surface area contributed by atoms with Crippen LogP contribution in [0.4, 0.5) is 0 Å². The van der Waals surface area contributed by atoms with Crippen molar-refractivity contribution in [3.05, 3.63) is 87.1 Å². The Balaban J connectivity index is 1.89. The Kier molecular flexibility index (Phi) is 7.03. The van der Waals surface area contributed by atoms with Gasteiger partial charge in [0.05, 0.1) is 36.9 Å². The van der Waals surface area contributed by atoms with Crippen molar-refractivity contribution in [1.82, 2.24) is 4.90 Å². The Morgan fingerprint density at radius 3 is 2.47 bits per heavy atom. The van der Waals surface area contributed by atoms with E-state index in [0.717, 1.165) is 16.0 Å². The first-order valence-electron chi connectivity index (χ1n) is 11.2. The van der Waals surface area contributed by atoms with Gasteiger partial charge in [-0.1, -0.05) is 30.3 Å². The number of hydrogen-bond donors (Lipinski definition) is 1. The summed E-state index contributed by atoms with van der Waals surface area (Å²) in [6.07, 6.45) is 0. The molecule has 1 atom stereocenters. The van der Waals surface area contributed by atoms with Crippen LogP contribution in [0, 0.1) is 6.92 Å². The number of carbonyl (C=O) groups is 2. The first-order valence-corrected chi connectivity index (χ1v) is 12.1. The summed E-state index contributed by atoms with van der Waals surface area (Å²) in [5.74, 6) is -0.618. The quantitative estimate of drug-likeness (QED) is 0.264. The van der Waals surface area contributed by atoms with Crippen LogP contribution in [-0.2, 0) is 16.1 Å².